The van der Waals surface area contributed by atoms with Crippen LogP contribution in [0.3, 0.4) is 0 Å². The first kappa shape index (κ1) is 13.2. The molecule has 17 heavy (non-hydrogen) atoms. The first-order valence-electron chi connectivity index (χ1n) is 5.26. The highest BCUT2D eigenvalue weighted by Gasteiger charge is 2.18. The zero-order chi connectivity index (χ0) is 12.8. The van der Waals surface area contributed by atoms with Crippen LogP contribution in [0.1, 0.15) is 6.92 Å². The molecule has 0 atom stereocenters. The molecule has 0 spiro atoms. The summed E-state index contributed by atoms with van der Waals surface area (Å²) in [5, 5.41) is 10.8. The van der Waals surface area contributed by atoms with Gasteiger partial charge < -0.3 is 15.4 Å². The van der Waals surface area contributed by atoms with Crippen molar-refractivity contribution in [2.45, 2.75) is 6.92 Å². The van der Waals surface area contributed by atoms with E-state index in [9.17, 15) is 10.1 Å². The van der Waals surface area contributed by atoms with E-state index in [1.165, 1.54) is 12.1 Å². The first-order valence-corrected chi connectivity index (χ1v) is 5.26. The summed E-state index contributed by atoms with van der Waals surface area (Å²) in [5.74, 6) is 0.517. The fourth-order valence-electron chi connectivity index (χ4n) is 1.33. The molecule has 0 aliphatic carbocycles. The molecular formula is C10H16N4O3. The predicted octanol–water partition coefficient (Wildman–Crippen LogP) is 1.04. The number of likely N-dealkylation sites (N-methyl/N-ethyl adjacent to an activating group) is 1. The van der Waals surface area contributed by atoms with Gasteiger partial charge in [-0.05, 0) is 13.0 Å². The maximum atomic E-state index is 10.8. The van der Waals surface area contributed by atoms with E-state index in [1.54, 1.807) is 11.9 Å². The lowest BCUT2D eigenvalue weighted by molar-refractivity contribution is -0.384. The lowest BCUT2D eigenvalue weighted by Crippen LogP contribution is -2.24. The molecule has 0 fully saturated rings. The number of hydrogen-bond donors (Lipinski definition) is 1. The van der Waals surface area contributed by atoms with E-state index in [-0.39, 0.29) is 17.3 Å². The van der Waals surface area contributed by atoms with Crippen molar-refractivity contribution in [1.82, 2.24) is 4.98 Å². The second kappa shape index (κ2) is 6.00. The number of nitro groups is 1. The van der Waals surface area contributed by atoms with E-state index in [2.05, 4.69) is 4.98 Å². The van der Waals surface area contributed by atoms with Crippen molar-refractivity contribution < 1.29 is 9.66 Å². The molecule has 94 valence electrons. The van der Waals surface area contributed by atoms with Gasteiger partial charge in [0.1, 0.15) is 5.82 Å². The Morgan fingerprint density at radius 3 is 2.88 bits per heavy atom. The Morgan fingerprint density at radius 2 is 2.29 bits per heavy atom. The van der Waals surface area contributed by atoms with E-state index < -0.39 is 4.92 Å². The van der Waals surface area contributed by atoms with Crippen molar-refractivity contribution in [3.8, 4) is 0 Å². The van der Waals surface area contributed by atoms with Crippen LogP contribution in [0.2, 0.25) is 0 Å². The van der Waals surface area contributed by atoms with Crippen molar-refractivity contribution in [3.05, 3.63) is 22.2 Å². The summed E-state index contributed by atoms with van der Waals surface area (Å²) in [6.45, 7) is 3.51. The number of nitrogen functional groups attached to an aromatic ring is 1. The van der Waals surface area contributed by atoms with Crippen molar-refractivity contribution in [1.29, 1.82) is 0 Å². The van der Waals surface area contributed by atoms with Gasteiger partial charge in [0, 0.05) is 26.3 Å². The molecule has 1 rings (SSSR count). The van der Waals surface area contributed by atoms with Gasteiger partial charge in [-0.1, -0.05) is 0 Å². The fourth-order valence-corrected chi connectivity index (χ4v) is 1.33. The van der Waals surface area contributed by atoms with Gasteiger partial charge in [-0.25, -0.2) is 4.98 Å². The Labute approximate surface area is 99.3 Å². The highest BCUT2D eigenvalue weighted by atomic mass is 16.6. The number of rotatable bonds is 6. The summed E-state index contributed by atoms with van der Waals surface area (Å²) in [4.78, 5) is 16.0. The molecule has 0 bridgehead atoms. The number of nitrogens with two attached hydrogens (primary N) is 1. The van der Waals surface area contributed by atoms with Gasteiger partial charge in [-0.3, -0.25) is 10.1 Å². The summed E-state index contributed by atoms with van der Waals surface area (Å²) >= 11 is 0. The number of aromatic nitrogens is 1. The molecule has 0 saturated carbocycles. The van der Waals surface area contributed by atoms with Gasteiger partial charge in [0.05, 0.1) is 11.5 Å². The van der Waals surface area contributed by atoms with Crippen LogP contribution in [0, 0.1) is 10.1 Å². The topological polar surface area (TPSA) is 94.5 Å². The molecule has 0 radical (unpaired) electrons. The third-order valence-electron chi connectivity index (χ3n) is 2.21. The third kappa shape index (κ3) is 3.56. The molecule has 7 heteroatoms. The molecule has 0 aliphatic rings. The largest absolute Gasteiger partial charge is 0.384 e. The molecular weight excluding hydrogens is 224 g/mol. The molecule has 1 aromatic heterocycles. The van der Waals surface area contributed by atoms with Gasteiger partial charge in [-0.15, -0.1) is 0 Å². The lowest BCUT2D eigenvalue weighted by Gasteiger charge is -2.17. The van der Waals surface area contributed by atoms with Gasteiger partial charge in [0.2, 0.25) is 5.82 Å². The summed E-state index contributed by atoms with van der Waals surface area (Å²) in [6.07, 6.45) is 0. The summed E-state index contributed by atoms with van der Waals surface area (Å²) < 4.78 is 5.19. The normalized spacial score (nSPS) is 10.2. The van der Waals surface area contributed by atoms with Crippen LogP contribution in [0.15, 0.2) is 12.1 Å². The lowest BCUT2D eigenvalue weighted by atomic mass is 10.3. The second-order valence-electron chi connectivity index (χ2n) is 3.45. The van der Waals surface area contributed by atoms with Crippen LogP contribution in [0.5, 0.6) is 0 Å². The number of anilines is 2. The average Bonchev–Trinajstić information content (AvgIpc) is 2.28. The maximum Gasteiger partial charge on any atom is 0.311 e. The first-order chi connectivity index (χ1) is 8.06. The minimum Gasteiger partial charge on any atom is -0.384 e. The third-order valence-corrected chi connectivity index (χ3v) is 2.21. The Kier molecular flexibility index (Phi) is 4.65. The Morgan fingerprint density at radius 1 is 1.59 bits per heavy atom. The van der Waals surface area contributed by atoms with Crippen molar-refractivity contribution in [3.63, 3.8) is 0 Å². The Bertz CT molecular complexity index is 397. The highest BCUT2D eigenvalue weighted by Crippen LogP contribution is 2.25. The van der Waals surface area contributed by atoms with Gasteiger partial charge >= 0.3 is 5.69 Å². The number of hydrogen-bond acceptors (Lipinski definition) is 6. The van der Waals surface area contributed by atoms with E-state index in [0.717, 1.165) is 0 Å². The van der Waals surface area contributed by atoms with Gasteiger partial charge in [0.25, 0.3) is 0 Å². The smallest absolute Gasteiger partial charge is 0.311 e. The van der Waals surface area contributed by atoms with Crippen LogP contribution < -0.4 is 10.6 Å². The minimum absolute atomic E-state index is 0.0572. The fraction of sp³-hybridized carbons (Fsp3) is 0.500. The van der Waals surface area contributed by atoms with Gasteiger partial charge in [0.15, 0.2) is 0 Å². The van der Waals surface area contributed by atoms with E-state index in [4.69, 9.17) is 10.5 Å². The zero-order valence-corrected chi connectivity index (χ0v) is 9.92. The Balaban J connectivity index is 2.86. The average molecular weight is 240 g/mol. The second-order valence-corrected chi connectivity index (χ2v) is 3.45. The molecule has 0 aliphatic heterocycles. The number of pyridine rings is 1. The van der Waals surface area contributed by atoms with Gasteiger partial charge in [-0.2, -0.15) is 0 Å². The number of nitrogens with zero attached hydrogens (tertiary/aromatic N) is 3. The molecule has 1 aromatic rings. The van der Waals surface area contributed by atoms with Crippen LogP contribution in [0.4, 0.5) is 17.3 Å². The molecule has 0 amide bonds. The molecule has 1 heterocycles. The maximum absolute atomic E-state index is 10.8. The molecule has 0 saturated heterocycles. The van der Waals surface area contributed by atoms with Crippen LogP contribution in [-0.2, 0) is 4.74 Å². The number of ether oxygens (including phenoxy) is 1. The van der Waals surface area contributed by atoms with Crippen molar-refractivity contribution >= 4 is 17.3 Å². The standard InChI is InChI=1S/C10H16N4O3/c1-3-17-7-6-13(2)10-8(14(15)16)4-5-9(11)12-10/h4-5H,3,6-7H2,1-2H3,(H2,11,12). The highest BCUT2D eigenvalue weighted by molar-refractivity contribution is 5.60. The summed E-state index contributed by atoms with van der Waals surface area (Å²) in [7, 11) is 1.72. The predicted molar refractivity (Wildman–Crippen MR) is 65.1 cm³/mol. The molecule has 0 aromatic carbocycles. The summed E-state index contributed by atoms with van der Waals surface area (Å²) in [6, 6.07) is 2.77. The van der Waals surface area contributed by atoms with Crippen molar-refractivity contribution in [2.24, 2.45) is 0 Å². The molecule has 0 unspecified atom stereocenters. The monoisotopic (exact) mass is 240 g/mol. The van der Waals surface area contributed by atoms with Crippen LogP contribution in [0.25, 0.3) is 0 Å². The van der Waals surface area contributed by atoms with E-state index in [1.807, 2.05) is 6.92 Å². The molecule has 7 nitrogen and oxygen atoms in total. The quantitative estimate of drug-likeness (QED) is 0.453. The van der Waals surface area contributed by atoms with Crippen LogP contribution >= 0.6 is 0 Å². The van der Waals surface area contributed by atoms with Crippen molar-refractivity contribution in [2.75, 3.05) is 37.4 Å². The minimum atomic E-state index is -0.473. The van der Waals surface area contributed by atoms with Crippen LogP contribution in [-0.4, -0.2) is 36.7 Å². The SMILES string of the molecule is CCOCCN(C)c1nc(N)ccc1[N+](=O)[O-]. The van der Waals surface area contributed by atoms with E-state index >= 15 is 0 Å². The molecule has 2 N–H and O–H groups in total. The van der Waals surface area contributed by atoms with E-state index in [0.29, 0.717) is 19.8 Å². The zero-order valence-electron chi connectivity index (χ0n) is 9.92. The summed E-state index contributed by atoms with van der Waals surface area (Å²) in [5.41, 5.74) is 5.47. The Hall–Kier alpha value is -1.89.